The molecular weight excluding hydrogens is 608 g/mol. The number of esters is 1. The van der Waals surface area contributed by atoms with Crippen molar-refractivity contribution in [1.82, 2.24) is 9.13 Å². The van der Waals surface area contributed by atoms with Crippen molar-refractivity contribution in [2.75, 3.05) is 20.3 Å². The van der Waals surface area contributed by atoms with Crippen molar-refractivity contribution < 1.29 is 23.9 Å². The number of para-hydroxylation sites is 1. The molecule has 0 N–H and O–H groups in total. The molecule has 46 heavy (non-hydrogen) atoms. The molecule has 0 bridgehead atoms. The Balaban J connectivity index is 1.46. The number of carbonyl (C=O) groups excluding carboxylic acids is 1. The molecule has 0 amide bonds. The molecule has 3 heterocycles. The number of ether oxygens (including phenoxy) is 3. The molecule has 5 aromatic rings. The first-order valence-corrected chi connectivity index (χ1v) is 15.4. The number of fused-ring (bicyclic) bond motifs is 2. The molecule has 1 aliphatic rings. The van der Waals surface area contributed by atoms with Gasteiger partial charge in [-0.2, -0.15) is 0 Å². The molecule has 6 rings (SSSR count). The Morgan fingerprint density at radius 2 is 1.78 bits per heavy atom. The van der Waals surface area contributed by atoms with Crippen LogP contribution in [-0.4, -0.2) is 40.4 Å². The van der Waals surface area contributed by atoms with Crippen LogP contribution in [0.5, 0.6) is 11.5 Å². The van der Waals surface area contributed by atoms with Gasteiger partial charge in [0, 0.05) is 47.5 Å². The lowest BCUT2D eigenvalue weighted by atomic mass is 9.97. The zero-order chi connectivity index (χ0) is 32.4. The van der Waals surface area contributed by atoms with E-state index in [1.807, 2.05) is 61.0 Å². The molecule has 0 unspecified atom stereocenters. The fourth-order valence-corrected chi connectivity index (χ4v) is 6.53. The molecule has 11 nitrogen and oxygen atoms in total. The minimum absolute atomic E-state index is 0.0326. The van der Waals surface area contributed by atoms with Crippen molar-refractivity contribution >= 4 is 40.0 Å². The fourth-order valence-electron chi connectivity index (χ4n) is 5.57. The number of hydrogen-bond donors (Lipinski definition) is 0. The van der Waals surface area contributed by atoms with Gasteiger partial charge >= 0.3 is 5.97 Å². The van der Waals surface area contributed by atoms with Crippen molar-refractivity contribution in [2.45, 2.75) is 26.4 Å². The third-order valence-electron chi connectivity index (χ3n) is 7.61. The van der Waals surface area contributed by atoms with E-state index in [4.69, 9.17) is 14.2 Å². The first-order valence-electron chi connectivity index (χ1n) is 14.6. The maximum atomic E-state index is 14.1. The quantitative estimate of drug-likeness (QED) is 0.123. The second kappa shape index (κ2) is 12.9. The van der Waals surface area contributed by atoms with E-state index in [2.05, 4.69) is 4.99 Å². The smallest absolute Gasteiger partial charge is 0.337 e. The van der Waals surface area contributed by atoms with E-state index in [-0.39, 0.29) is 16.8 Å². The predicted molar refractivity (Wildman–Crippen MR) is 174 cm³/mol. The molecule has 3 aromatic carbocycles. The summed E-state index contributed by atoms with van der Waals surface area (Å²) in [5, 5.41) is 12.0. The average Bonchev–Trinajstić information content (AvgIpc) is 3.57. The van der Waals surface area contributed by atoms with E-state index < -0.39 is 16.9 Å². The number of benzene rings is 3. The van der Waals surface area contributed by atoms with E-state index in [1.54, 1.807) is 24.3 Å². The highest BCUT2D eigenvalue weighted by Gasteiger charge is 2.31. The molecule has 1 aliphatic heterocycles. The maximum Gasteiger partial charge on any atom is 0.337 e. The lowest BCUT2D eigenvalue weighted by molar-refractivity contribution is -0.384. The van der Waals surface area contributed by atoms with Gasteiger partial charge in [-0.15, -0.1) is 0 Å². The van der Waals surface area contributed by atoms with Crippen molar-refractivity contribution in [3.8, 4) is 11.5 Å². The Hall–Kier alpha value is -5.49. The molecule has 12 heteroatoms. The van der Waals surface area contributed by atoms with Crippen LogP contribution < -0.4 is 24.4 Å². The Bertz CT molecular complexity index is 2180. The van der Waals surface area contributed by atoms with Gasteiger partial charge in [0.2, 0.25) is 0 Å². The molecule has 0 spiro atoms. The maximum absolute atomic E-state index is 14.1. The number of carbonyl (C=O) groups is 1. The number of nitro groups is 1. The largest absolute Gasteiger partial charge is 0.490 e. The van der Waals surface area contributed by atoms with Crippen molar-refractivity contribution in [3.05, 3.63) is 131 Å². The summed E-state index contributed by atoms with van der Waals surface area (Å²) in [7, 11) is 1.29. The number of nitro benzene ring substituents is 1. The van der Waals surface area contributed by atoms with Crippen LogP contribution in [0.4, 0.5) is 5.69 Å². The second-order valence-electron chi connectivity index (χ2n) is 10.4. The van der Waals surface area contributed by atoms with Crippen molar-refractivity contribution in [2.24, 2.45) is 4.99 Å². The summed E-state index contributed by atoms with van der Waals surface area (Å²) >= 11 is 1.23. The number of methoxy groups -OCH3 is 1. The van der Waals surface area contributed by atoms with Gasteiger partial charge in [-0.3, -0.25) is 19.5 Å². The van der Waals surface area contributed by atoms with Crippen LogP contribution in [0.1, 0.15) is 36.6 Å². The lowest BCUT2D eigenvalue weighted by Crippen LogP contribution is -2.39. The summed E-state index contributed by atoms with van der Waals surface area (Å²) in [6.45, 7) is 5.09. The molecule has 0 radical (unpaired) electrons. The van der Waals surface area contributed by atoms with Crippen molar-refractivity contribution in [1.29, 1.82) is 0 Å². The van der Waals surface area contributed by atoms with E-state index in [0.29, 0.717) is 46.2 Å². The third kappa shape index (κ3) is 5.70. The lowest BCUT2D eigenvalue weighted by Gasteiger charge is -2.23. The summed E-state index contributed by atoms with van der Waals surface area (Å²) in [6, 6.07) is 18.9. The van der Waals surface area contributed by atoms with Gasteiger partial charge < -0.3 is 18.8 Å². The highest BCUT2D eigenvalue weighted by Crippen LogP contribution is 2.35. The van der Waals surface area contributed by atoms with Crippen LogP contribution in [0.2, 0.25) is 0 Å². The normalized spacial score (nSPS) is 14.4. The minimum Gasteiger partial charge on any atom is -0.490 e. The van der Waals surface area contributed by atoms with Gasteiger partial charge in [0.25, 0.3) is 11.2 Å². The standard InChI is InChI=1S/C34H30N4O7S/c1-4-44-28-15-12-22(16-29(28)45-5-2)31-26(33(40)43-3)18-35-34-37(31)32(39)30(46-34)17-23-20-36(27-9-7-6-8-25(23)27)19-21-10-13-24(14-11-21)38(41)42/h6-18,20,31H,4-5,19H2,1-3H3/b30-17+/t31-/m0/s1. The number of rotatable bonds is 10. The number of aromatic nitrogens is 2. The molecular formula is C34H30N4O7S. The van der Waals surface area contributed by atoms with Gasteiger partial charge in [-0.1, -0.05) is 47.7 Å². The Morgan fingerprint density at radius 1 is 1.04 bits per heavy atom. The second-order valence-corrected chi connectivity index (χ2v) is 11.4. The average molecular weight is 639 g/mol. The minimum atomic E-state index is -0.802. The summed E-state index contributed by atoms with van der Waals surface area (Å²) < 4.78 is 20.7. The Kier molecular flexibility index (Phi) is 8.53. The van der Waals surface area contributed by atoms with Crippen LogP contribution in [0, 0.1) is 10.1 Å². The SMILES string of the molecule is CCOc1ccc([C@H]2C(C(=O)OC)=CN=c3s/c(=C/c4cn(Cc5ccc([N+](=O)[O-])cc5)c5ccccc45)c(=O)n32)cc1OCC. The van der Waals surface area contributed by atoms with E-state index in [9.17, 15) is 19.7 Å². The van der Waals surface area contributed by atoms with Crippen LogP contribution in [-0.2, 0) is 16.1 Å². The zero-order valence-corrected chi connectivity index (χ0v) is 26.2. The van der Waals surface area contributed by atoms with E-state index in [0.717, 1.165) is 22.0 Å². The molecule has 0 saturated heterocycles. The summed E-state index contributed by atoms with van der Waals surface area (Å²) in [5.41, 5.74) is 3.26. The van der Waals surface area contributed by atoms with Gasteiger partial charge in [0.15, 0.2) is 16.3 Å². The summed E-state index contributed by atoms with van der Waals surface area (Å²) in [5.74, 6) is 0.476. The van der Waals surface area contributed by atoms with E-state index in [1.165, 1.54) is 41.3 Å². The molecule has 0 fully saturated rings. The van der Waals surface area contributed by atoms with Crippen LogP contribution in [0.25, 0.3) is 17.0 Å². The van der Waals surface area contributed by atoms with Crippen LogP contribution in [0.15, 0.2) is 94.5 Å². The van der Waals surface area contributed by atoms with Crippen LogP contribution in [0.3, 0.4) is 0 Å². The van der Waals surface area contributed by atoms with E-state index >= 15 is 0 Å². The Labute approximate surface area is 267 Å². The number of thiazole rings is 1. The first-order chi connectivity index (χ1) is 22.3. The number of non-ortho nitro benzene ring substituents is 1. The van der Waals surface area contributed by atoms with Gasteiger partial charge in [-0.25, -0.2) is 9.79 Å². The highest BCUT2D eigenvalue weighted by molar-refractivity contribution is 7.07. The van der Waals surface area contributed by atoms with Gasteiger partial charge in [-0.05, 0) is 49.2 Å². The molecule has 234 valence electrons. The number of nitrogens with zero attached hydrogens (tertiary/aromatic N) is 4. The zero-order valence-electron chi connectivity index (χ0n) is 25.3. The topological polar surface area (TPSA) is 127 Å². The third-order valence-corrected chi connectivity index (χ3v) is 8.61. The highest BCUT2D eigenvalue weighted by atomic mass is 32.1. The molecule has 0 aliphatic carbocycles. The molecule has 0 saturated carbocycles. The molecule has 2 aromatic heterocycles. The first kappa shape index (κ1) is 30.5. The summed E-state index contributed by atoms with van der Waals surface area (Å²) in [6.07, 6.45) is 5.25. The Morgan fingerprint density at radius 3 is 2.50 bits per heavy atom. The van der Waals surface area contributed by atoms with Crippen molar-refractivity contribution in [3.63, 3.8) is 0 Å². The van der Waals surface area contributed by atoms with Gasteiger partial charge in [0.1, 0.15) is 0 Å². The molecule has 1 atom stereocenters. The van der Waals surface area contributed by atoms with Crippen LogP contribution >= 0.6 is 11.3 Å². The fraction of sp³-hybridized carbons (Fsp3) is 0.206. The monoisotopic (exact) mass is 638 g/mol. The predicted octanol–water partition coefficient (Wildman–Crippen LogP) is 4.73. The van der Waals surface area contributed by atoms with Gasteiger partial charge in [0.05, 0.1) is 41.4 Å². The number of hydrogen-bond acceptors (Lipinski definition) is 9. The summed E-state index contributed by atoms with van der Waals surface area (Å²) in [4.78, 5) is 42.7.